The number of H-pyrrole nitrogens is 1. The van der Waals surface area contributed by atoms with Crippen LogP contribution in [0.15, 0.2) is 27.5 Å². The largest absolute Gasteiger partial charge is 0.377 e. The van der Waals surface area contributed by atoms with Gasteiger partial charge in [0.15, 0.2) is 0 Å². The molecule has 1 unspecified atom stereocenters. The Hall–Kier alpha value is -1.33. The molecule has 0 saturated carbocycles. The zero-order chi connectivity index (χ0) is 14.9. The quantitative estimate of drug-likeness (QED) is 0.874. The molecule has 1 atom stereocenters. The molecule has 4 nitrogen and oxygen atoms in total. The molecule has 2 aromatic rings. The van der Waals surface area contributed by atoms with Crippen LogP contribution in [0.25, 0.3) is 0 Å². The Morgan fingerprint density at radius 1 is 1.40 bits per heavy atom. The molecule has 0 fully saturated rings. The van der Waals surface area contributed by atoms with Gasteiger partial charge in [0.25, 0.3) is 5.56 Å². The van der Waals surface area contributed by atoms with Crippen LogP contribution in [-0.4, -0.2) is 9.97 Å². The molecule has 0 radical (unpaired) electrons. The van der Waals surface area contributed by atoms with Crippen LogP contribution in [0.2, 0.25) is 5.02 Å². The maximum atomic E-state index is 12.1. The third-order valence-electron chi connectivity index (χ3n) is 3.00. The minimum atomic E-state index is -0.189. The number of aromatic amines is 1. The van der Waals surface area contributed by atoms with Gasteiger partial charge in [0.2, 0.25) is 0 Å². The van der Waals surface area contributed by atoms with Gasteiger partial charge < -0.3 is 10.3 Å². The van der Waals surface area contributed by atoms with Crippen molar-refractivity contribution in [3.63, 3.8) is 0 Å². The van der Waals surface area contributed by atoms with Crippen LogP contribution in [0.4, 0.5) is 5.69 Å². The Labute approximate surface area is 130 Å². The zero-order valence-electron chi connectivity index (χ0n) is 11.4. The van der Waals surface area contributed by atoms with Crippen molar-refractivity contribution >= 4 is 33.2 Å². The molecular formula is C14H15BrClN3O. The van der Waals surface area contributed by atoms with Gasteiger partial charge >= 0.3 is 0 Å². The predicted molar refractivity (Wildman–Crippen MR) is 85.5 cm³/mol. The highest BCUT2D eigenvalue weighted by atomic mass is 79.9. The standard InChI is InChI=1S/C14H15BrClN3O/c1-7-13(14(20)19-9(3)17-7)8(2)18-12-5-4-10(15)6-11(12)16/h4-6,8,18H,1-3H3,(H,17,19,20). The Bertz CT molecular complexity index is 699. The lowest BCUT2D eigenvalue weighted by Crippen LogP contribution is -2.23. The Kier molecular flexibility index (Phi) is 4.50. The highest BCUT2D eigenvalue weighted by Gasteiger charge is 2.15. The van der Waals surface area contributed by atoms with Gasteiger partial charge in [0.1, 0.15) is 5.82 Å². The minimum absolute atomic E-state index is 0.122. The number of hydrogen-bond donors (Lipinski definition) is 2. The van der Waals surface area contributed by atoms with E-state index in [1.807, 2.05) is 26.0 Å². The third kappa shape index (κ3) is 3.22. The first-order chi connectivity index (χ1) is 9.38. The van der Waals surface area contributed by atoms with E-state index in [0.29, 0.717) is 16.4 Å². The van der Waals surface area contributed by atoms with E-state index in [1.165, 1.54) is 0 Å². The van der Waals surface area contributed by atoms with E-state index in [-0.39, 0.29) is 11.6 Å². The van der Waals surface area contributed by atoms with Crippen LogP contribution in [0.3, 0.4) is 0 Å². The fourth-order valence-electron chi connectivity index (χ4n) is 2.16. The summed E-state index contributed by atoms with van der Waals surface area (Å²) in [5.74, 6) is 0.616. The van der Waals surface area contributed by atoms with Crippen molar-refractivity contribution in [2.45, 2.75) is 26.8 Å². The molecule has 0 bridgehead atoms. The molecule has 1 aromatic carbocycles. The first kappa shape index (κ1) is 15.1. The van der Waals surface area contributed by atoms with Crippen LogP contribution >= 0.6 is 27.5 Å². The van der Waals surface area contributed by atoms with Crippen LogP contribution < -0.4 is 10.9 Å². The van der Waals surface area contributed by atoms with Gasteiger partial charge in [-0.15, -0.1) is 0 Å². The van der Waals surface area contributed by atoms with Crippen molar-refractivity contribution in [2.75, 3.05) is 5.32 Å². The summed E-state index contributed by atoms with van der Waals surface area (Å²) in [7, 11) is 0. The molecule has 2 N–H and O–H groups in total. The van der Waals surface area contributed by atoms with E-state index >= 15 is 0 Å². The highest BCUT2D eigenvalue weighted by molar-refractivity contribution is 9.10. The van der Waals surface area contributed by atoms with Crippen LogP contribution in [0.5, 0.6) is 0 Å². The molecule has 6 heteroatoms. The van der Waals surface area contributed by atoms with Crippen molar-refractivity contribution < 1.29 is 0 Å². The number of aryl methyl sites for hydroxylation is 2. The van der Waals surface area contributed by atoms with Gasteiger partial charge in [-0.3, -0.25) is 4.79 Å². The lowest BCUT2D eigenvalue weighted by atomic mass is 10.1. The monoisotopic (exact) mass is 355 g/mol. The second-order valence-corrected chi connectivity index (χ2v) is 5.96. The van der Waals surface area contributed by atoms with Gasteiger partial charge in [-0.05, 0) is 39.0 Å². The van der Waals surface area contributed by atoms with Gasteiger partial charge in [-0.1, -0.05) is 27.5 Å². The number of nitrogens with one attached hydrogen (secondary N) is 2. The molecule has 0 spiro atoms. The van der Waals surface area contributed by atoms with E-state index in [2.05, 4.69) is 31.2 Å². The van der Waals surface area contributed by atoms with Gasteiger partial charge in [-0.25, -0.2) is 4.98 Å². The molecule has 106 valence electrons. The predicted octanol–water partition coefficient (Wildman–Crippen LogP) is 3.98. The average molecular weight is 357 g/mol. The number of benzene rings is 1. The van der Waals surface area contributed by atoms with Crippen LogP contribution in [-0.2, 0) is 0 Å². The number of anilines is 1. The second-order valence-electron chi connectivity index (χ2n) is 4.64. The van der Waals surface area contributed by atoms with Gasteiger partial charge in [-0.2, -0.15) is 0 Å². The fraction of sp³-hybridized carbons (Fsp3) is 0.286. The average Bonchev–Trinajstić information content (AvgIpc) is 2.31. The molecule has 2 rings (SSSR count). The number of nitrogens with zero attached hydrogens (tertiary/aromatic N) is 1. The summed E-state index contributed by atoms with van der Waals surface area (Å²) in [5, 5.41) is 3.84. The van der Waals surface area contributed by atoms with E-state index in [9.17, 15) is 4.79 Å². The molecule has 20 heavy (non-hydrogen) atoms. The Morgan fingerprint density at radius 2 is 2.10 bits per heavy atom. The molecule has 1 aromatic heterocycles. The van der Waals surface area contributed by atoms with Crippen molar-refractivity contribution in [3.05, 3.63) is 55.1 Å². The maximum absolute atomic E-state index is 12.1. The highest BCUT2D eigenvalue weighted by Crippen LogP contribution is 2.28. The van der Waals surface area contributed by atoms with E-state index < -0.39 is 0 Å². The smallest absolute Gasteiger partial charge is 0.256 e. The lowest BCUT2D eigenvalue weighted by Gasteiger charge is -2.17. The van der Waals surface area contributed by atoms with E-state index in [1.54, 1.807) is 13.0 Å². The van der Waals surface area contributed by atoms with Crippen molar-refractivity contribution in [1.29, 1.82) is 0 Å². The van der Waals surface area contributed by atoms with E-state index in [4.69, 9.17) is 11.6 Å². The first-order valence-corrected chi connectivity index (χ1v) is 7.34. The molecular weight excluding hydrogens is 342 g/mol. The van der Waals surface area contributed by atoms with Crippen molar-refractivity contribution in [2.24, 2.45) is 0 Å². The number of halogens is 2. The number of hydrogen-bond acceptors (Lipinski definition) is 3. The van der Waals surface area contributed by atoms with Crippen LogP contribution in [0.1, 0.15) is 30.0 Å². The first-order valence-electron chi connectivity index (χ1n) is 6.17. The zero-order valence-corrected chi connectivity index (χ0v) is 13.8. The summed E-state index contributed by atoms with van der Waals surface area (Å²) in [6.07, 6.45) is 0. The molecule has 0 saturated heterocycles. The second kappa shape index (κ2) is 5.97. The third-order valence-corrected chi connectivity index (χ3v) is 3.81. The normalized spacial score (nSPS) is 12.2. The minimum Gasteiger partial charge on any atom is -0.377 e. The van der Waals surface area contributed by atoms with Crippen LogP contribution in [0, 0.1) is 13.8 Å². The number of aromatic nitrogens is 2. The molecule has 0 aliphatic heterocycles. The van der Waals surface area contributed by atoms with Gasteiger partial charge in [0, 0.05) is 4.47 Å². The molecule has 0 amide bonds. The van der Waals surface area contributed by atoms with Crippen molar-refractivity contribution in [3.8, 4) is 0 Å². The van der Waals surface area contributed by atoms with Gasteiger partial charge in [0.05, 0.1) is 28.0 Å². The topological polar surface area (TPSA) is 57.8 Å². The summed E-state index contributed by atoms with van der Waals surface area (Å²) in [4.78, 5) is 19.1. The molecule has 0 aliphatic carbocycles. The summed E-state index contributed by atoms with van der Waals surface area (Å²) in [6.45, 7) is 5.51. The molecule has 0 aliphatic rings. The van der Waals surface area contributed by atoms with E-state index in [0.717, 1.165) is 15.9 Å². The Morgan fingerprint density at radius 3 is 2.70 bits per heavy atom. The van der Waals surface area contributed by atoms with Crippen molar-refractivity contribution in [1.82, 2.24) is 9.97 Å². The number of rotatable bonds is 3. The summed E-state index contributed by atoms with van der Waals surface area (Å²) in [5.41, 5.74) is 2.00. The Balaban J connectivity index is 2.33. The maximum Gasteiger partial charge on any atom is 0.256 e. The fourth-order valence-corrected chi connectivity index (χ4v) is 2.89. The summed E-state index contributed by atoms with van der Waals surface area (Å²) in [6, 6.07) is 5.38. The molecule has 1 heterocycles. The lowest BCUT2D eigenvalue weighted by molar-refractivity contribution is 0.814. The summed E-state index contributed by atoms with van der Waals surface area (Å²) >= 11 is 9.53. The SMILES string of the molecule is Cc1nc(C)c(C(C)Nc2ccc(Br)cc2Cl)c(=O)[nH]1. The summed E-state index contributed by atoms with van der Waals surface area (Å²) < 4.78 is 0.909.